The number of phenols is 2. The SMILES string of the molecule is O=C([O-])Cc1ccc(O)c(CN(CCN(CC(=O)[O-])Cc2cc(COO)ccc2O)CC(=O)[O-])c1.[Na+].[Na+].[Na+]. The van der Waals surface area contributed by atoms with E-state index >= 15 is 0 Å². The van der Waals surface area contributed by atoms with E-state index in [0.717, 1.165) is 0 Å². The molecule has 190 valence electrons. The average Bonchev–Trinajstić information content (AvgIpc) is 2.75. The Bertz CT molecular complexity index is 1060. The molecule has 0 bridgehead atoms. The average molecular weight is 558 g/mol. The quantitative estimate of drug-likeness (QED) is 0.106. The number of nitrogens with zero attached hydrogens (tertiary/aromatic N) is 2. The fourth-order valence-corrected chi connectivity index (χ4v) is 3.53. The van der Waals surface area contributed by atoms with Gasteiger partial charge in [0, 0.05) is 62.8 Å². The number of aliphatic carboxylic acids is 3. The summed E-state index contributed by atoms with van der Waals surface area (Å²) in [6, 6.07) is 8.51. The van der Waals surface area contributed by atoms with Crippen molar-refractivity contribution < 1.29 is 139 Å². The van der Waals surface area contributed by atoms with Crippen molar-refractivity contribution >= 4 is 17.9 Å². The van der Waals surface area contributed by atoms with Gasteiger partial charge < -0.3 is 39.9 Å². The summed E-state index contributed by atoms with van der Waals surface area (Å²) in [4.78, 5) is 40.3. The van der Waals surface area contributed by atoms with Gasteiger partial charge in [-0.05, 0) is 29.3 Å². The number of carbonyl (C=O) groups is 3. The molecular weight excluding hydrogens is 533 g/mol. The van der Waals surface area contributed by atoms with Crippen molar-refractivity contribution in [1.29, 1.82) is 0 Å². The minimum Gasteiger partial charge on any atom is -0.550 e. The molecule has 2 aromatic carbocycles. The predicted molar refractivity (Wildman–Crippen MR) is 113 cm³/mol. The molecule has 2 aromatic rings. The van der Waals surface area contributed by atoms with Crippen LogP contribution >= 0.6 is 0 Å². The second-order valence-electron chi connectivity index (χ2n) is 7.91. The Balaban J connectivity index is 0. The Kier molecular flexibility index (Phi) is 21.0. The van der Waals surface area contributed by atoms with E-state index in [2.05, 4.69) is 4.89 Å². The molecule has 0 aromatic heterocycles. The predicted octanol–water partition coefficient (Wildman–Crippen LogP) is -11.8. The number of hydrogen-bond donors (Lipinski definition) is 3. The van der Waals surface area contributed by atoms with E-state index in [1.54, 1.807) is 0 Å². The summed E-state index contributed by atoms with van der Waals surface area (Å²) < 4.78 is 0. The van der Waals surface area contributed by atoms with Crippen molar-refractivity contribution in [2.75, 3.05) is 26.2 Å². The van der Waals surface area contributed by atoms with Gasteiger partial charge in [0.05, 0.1) is 11.9 Å². The standard InChI is InChI=1S/C23H28N2O10.3Na/c26-19-3-1-15(9-21(28)29)7-17(19)10-24(12-22(30)31)5-6-25(13-23(32)33)11-18-8-16(14-35-34)2-4-20(18)27;;;/h1-4,7-8,26-27,34H,5-6,9-14H2,(H,28,29)(H,30,31)(H,32,33);;;/q;3*+1/p-3. The maximum Gasteiger partial charge on any atom is 1.00 e. The normalized spacial score (nSPS) is 10.3. The van der Waals surface area contributed by atoms with Gasteiger partial charge in [-0.15, -0.1) is 0 Å². The Morgan fingerprint density at radius 1 is 0.711 bits per heavy atom. The van der Waals surface area contributed by atoms with Crippen LogP contribution in [0.2, 0.25) is 0 Å². The molecule has 0 aliphatic carbocycles. The summed E-state index contributed by atoms with van der Waals surface area (Å²) in [5.74, 6) is -4.40. The third kappa shape index (κ3) is 14.6. The molecule has 0 aliphatic rings. The maximum atomic E-state index is 11.3. The Labute approximate surface area is 286 Å². The smallest absolute Gasteiger partial charge is 0.550 e. The molecule has 0 aliphatic heterocycles. The fourth-order valence-electron chi connectivity index (χ4n) is 3.53. The minimum absolute atomic E-state index is 0. The van der Waals surface area contributed by atoms with Gasteiger partial charge in [0.1, 0.15) is 18.1 Å². The van der Waals surface area contributed by atoms with Crippen LogP contribution in [0.5, 0.6) is 11.5 Å². The summed E-state index contributed by atoms with van der Waals surface area (Å²) in [7, 11) is 0. The number of carboxylic acids is 3. The Hall–Kier alpha value is -0.710. The number of hydrogen-bond acceptors (Lipinski definition) is 12. The summed E-state index contributed by atoms with van der Waals surface area (Å²) in [6.07, 6.45) is -0.392. The van der Waals surface area contributed by atoms with E-state index in [4.69, 9.17) is 5.26 Å². The molecule has 12 nitrogen and oxygen atoms in total. The van der Waals surface area contributed by atoms with E-state index < -0.39 is 37.4 Å². The van der Waals surface area contributed by atoms with Crippen molar-refractivity contribution in [3.8, 4) is 11.5 Å². The molecule has 0 spiro atoms. The first-order valence-corrected chi connectivity index (χ1v) is 10.5. The number of phenolic OH excluding ortho intramolecular Hbond substituents is 2. The third-order valence-electron chi connectivity index (χ3n) is 5.09. The number of benzene rings is 2. The first-order valence-electron chi connectivity index (χ1n) is 10.5. The second-order valence-corrected chi connectivity index (χ2v) is 7.91. The van der Waals surface area contributed by atoms with Crippen LogP contribution in [0.1, 0.15) is 22.3 Å². The number of aromatic hydroxyl groups is 2. The first-order chi connectivity index (χ1) is 16.6. The Morgan fingerprint density at radius 3 is 1.53 bits per heavy atom. The van der Waals surface area contributed by atoms with Crippen LogP contribution in [-0.2, 0) is 45.4 Å². The molecule has 0 radical (unpaired) electrons. The number of carbonyl (C=O) groups excluding carboxylic acids is 3. The minimum atomic E-state index is -1.41. The molecule has 15 heteroatoms. The van der Waals surface area contributed by atoms with Gasteiger partial charge in [-0.1, -0.05) is 18.2 Å². The Morgan fingerprint density at radius 2 is 1.13 bits per heavy atom. The van der Waals surface area contributed by atoms with E-state index in [1.807, 2.05) is 0 Å². The monoisotopic (exact) mass is 558 g/mol. The molecule has 0 amide bonds. The summed E-state index contributed by atoms with van der Waals surface area (Å²) in [5, 5.41) is 62.3. The summed E-state index contributed by atoms with van der Waals surface area (Å²) in [6.45, 7) is -1.29. The zero-order chi connectivity index (χ0) is 26.0. The van der Waals surface area contributed by atoms with E-state index in [1.165, 1.54) is 46.2 Å². The molecule has 0 heterocycles. The van der Waals surface area contributed by atoms with Crippen LogP contribution < -0.4 is 104 Å². The fraction of sp³-hybridized carbons (Fsp3) is 0.348. The number of rotatable bonds is 15. The van der Waals surface area contributed by atoms with Gasteiger partial charge in [-0.2, -0.15) is 0 Å². The molecule has 2 rings (SSSR count). The third-order valence-corrected chi connectivity index (χ3v) is 5.09. The summed E-state index contributed by atoms with van der Waals surface area (Å²) >= 11 is 0. The molecule has 0 saturated heterocycles. The molecule has 0 unspecified atom stereocenters. The van der Waals surface area contributed by atoms with Crippen LogP contribution in [0.25, 0.3) is 0 Å². The molecule has 0 atom stereocenters. The second kappa shape index (κ2) is 20.2. The van der Waals surface area contributed by atoms with E-state index in [9.17, 15) is 39.9 Å². The van der Waals surface area contributed by atoms with Crippen LogP contribution in [0.3, 0.4) is 0 Å². The van der Waals surface area contributed by atoms with Crippen molar-refractivity contribution in [2.45, 2.75) is 26.1 Å². The number of carboxylic acid groups (broad SMARTS) is 3. The van der Waals surface area contributed by atoms with Crippen LogP contribution in [-0.4, -0.2) is 69.4 Å². The molecular formula is C23H25N2Na3O10. The zero-order valence-electron chi connectivity index (χ0n) is 21.7. The molecule has 38 heavy (non-hydrogen) atoms. The first kappa shape index (κ1) is 39.4. The van der Waals surface area contributed by atoms with Gasteiger partial charge in [0.2, 0.25) is 0 Å². The topological polar surface area (TPSA) is 197 Å². The van der Waals surface area contributed by atoms with Crippen molar-refractivity contribution in [3.05, 3.63) is 58.7 Å². The van der Waals surface area contributed by atoms with Crippen LogP contribution in [0.15, 0.2) is 36.4 Å². The molecule has 0 saturated carbocycles. The van der Waals surface area contributed by atoms with Gasteiger partial charge in [-0.3, -0.25) is 15.1 Å². The zero-order valence-corrected chi connectivity index (χ0v) is 27.7. The van der Waals surface area contributed by atoms with E-state index in [-0.39, 0.29) is 139 Å². The summed E-state index contributed by atoms with van der Waals surface area (Å²) in [5.41, 5.74) is 1.50. The van der Waals surface area contributed by atoms with E-state index in [0.29, 0.717) is 16.7 Å². The van der Waals surface area contributed by atoms with Gasteiger partial charge in [0.25, 0.3) is 0 Å². The van der Waals surface area contributed by atoms with Crippen molar-refractivity contribution in [1.82, 2.24) is 9.80 Å². The van der Waals surface area contributed by atoms with Gasteiger partial charge >= 0.3 is 88.7 Å². The van der Waals surface area contributed by atoms with Crippen molar-refractivity contribution in [2.24, 2.45) is 0 Å². The molecule has 3 N–H and O–H groups in total. The van der Waals surface area contributed by atoms with Crippen molar-refractivity contribution in [3.63, 3.8) is 0 Å². The molecule has 0 fully saturated rings. The van der Waals surface area contributed by atoms with Crippen LogP contribution in [0, 0.1) is 0 Å². The maximum absolute atomic E-state index is 11.3. The largest absolute Gasteiger partial charge is 1.00 e. The van der Waals surface area contributed by atoms with Gasteiger partial charge in [-0.25, -0.2) is 4.89 Å². The van der Waals surface area contributed by atoms with Gasteiger partial charge in [0.15, 0.2) is 0 Å². The van der Waals surface area contributed by atoms with Crippen LogP contribution in [0.4, 0.5) is 0 Å².